The first-order valence-corrected chi connectivity index (χ1v) is 4.57. The molecular weight excluding hydrogens is 188 g/mol. The van der Waals surface area contributed by atoms with Crippen molar-refractivity contribution in [2.24, 2.45) is 5.73 Å². The molecule has 0 saturated heterocycles. The molecule has 0 aliphatic rings. The van der Waals surface area contributed by atoms with Gasteiger partial charge in [-0.25, -0.2) is 0 Å². The van der Waals surface area contributed by atoms with Gasteiger partial charge < -0.3 is 5.73 Å². The van der Waals surface area contributed by atoms with Crippen LogP contribution in [-0.2, 0) is 0 Å². The highest BCUT2D eigenvalue weighted by atomic mass is 16.1. The summed E-state index contributed by atoms with van der Waals surface area (Å²) in [6.45, 7) is 0. The van der Waals surface area contributed by atoms with Crippen molar-refractivity contribution in [2.45, 2.75) is 0 Å². The Morgan fingerprint density at radius 1 is 1.13 bits per heavy atom. The van der Waals surface area contributed by atoms with Gasteiger partial charge in [-0.3, -0.25) is 9.78 Å². The fourth-order valence-corrected chi connectivity index (χ4v) is 1.39. The molecule has 2 N–H and O–H groups in total. The lowest BCUT2D eigenvalue weighted by Crippen LogP contribution is -2.10. The minimum atomic E-state index is -0.416. The number of rotatable bonds is 2. The number of amides is 1. The predicted molar refractivity (Wildman–Crippen MR) is 58.2 cm³/mol. The number of primary amides is 1. The zero-order valence-electron chi connectivity index (χ0n) is 8.05. The standard InChI is InChI=1S/C12H10N2O/c13-12(15)10-4-1-3-9(7-10)11-5-2-6-14-8-11/h1-8H,(H2,13,15). The molecule has 0 unspecified atom stereocenters. The molecule has 2 rings (SSSR count). The van der Waals surface area contributed by atoms with Crippen LogP contribution in [0.5, 0.6) is 0 Å². The molecule has 1 aromatic heterocycles. The van der Waals surface area contributed by atoms with Gasteiger partial charge in [0.05, 0.1) is 0 Å². The number of carbonyl (C=O) groups excluding carboxylic acids is 1. The van der Waals surface area contributed by atoms with E-state index in [0.717, 1.165) is 11.1 Å². The summed E-state index contributed by atoms with van der Waals surface area (Å²) in [4.78, 5) is 15.0. The molecule has 0 saturated carbocycles. The second-order valence-corrected chi connectivity index (χ2v) is 3.19. The molecule has 0 spiro atoms. The summed E-state index contributed by atoms with van der Waals surface area (Å²) < 4.78 is 0. The molecule has 74 valence electrons. The third kappa shape index (κ3) is 2.02. The minimum Gasteiger partial charge on any atom is -0.366 e. The maximum Gasteiger partial charge on any atom is 0.248 e. The van der Waals surface area contributed by atoms with Gasteiger partial charge >= 0.3 is 0 Å². The summed E-state index contributed by atoms with van der Waals surface area (Å²) >= 11 is 0. The lowest BCUT2D eigenvalue weighted by atomic mass is 10.0. The molecule has 0 radical (unpaired) electrons. The van der Waals surface area contributed by atoms with Crippen LogP contribution in [0.1, 0.15) is 10.4 Å². The van der Waals surface area contributed by atoms with Crippen molar-refractivity contribution in [3.8, 4) is 11.1 Å². The van der Waals surface area contributed by atoms with Gasteiger partial charge in [0.25, 0.3) is 0 Å². The van der Waals surface area contributed by atoms with Crippen LogP contribution in [0.3, 0.4) is 0 Å². The van der Waals surface area contributed by atoms with Crippen molar-refractivity contribution < 1.29 is 4.79 Å². The second-order valence-electron chi connectivity index (χ2n) is 3.19. The smallest absolute Gasteiger partial charge is 0.248 e. The fourth-order valence-electron chi connectivity index (χ4n) is 1.39. The highest BCUT2D eigenvalue weighted by Crippen LogP contribution is 2.18. The molecule has 0 aliphatic carbocycles. The fraction of sp³-hybridized carbons (Fsp3) is 0. The number of benzene rings is 1. The summed E-state index contributed by atoms with van der Waals surface area (Å²) in [5.74, 6) is -0.416. The first kappa shape index (κ1) is 9.40. The Balaban J connectivity index is 2.46. The van der Waals surface area contributed by atoms with Gasteiger partial charge in [-0.05, 0) is 23.8 Å². The maximum atomic E-state index is 11.0. The summed E-state index contributed by atoms with van der Waals surface area (Å²) in [5.41, 5.74) is 7.63. The van der Waals surface area contributed by atoms with Gasteiger partial charge in [0, 0.05) is 23.5 Å². The van der Waals surface area contributed by atoms with Crippen molar-refractivity contribution in [3.05, 3.63) is 54.4 Å². The third-order valence-electron chi connectivity index (χ3n) is 2.14. The van der Waals surface area contributed by atoms with Crippen LogP contribution >= 0.6 is 0 Å². The first-order chi connectivity index (χ1) is 7.27. The van der Waals surface area contributed by atoms with Crippen LogP contribution < -0.4 is 5.73 Å². The zero-order chi connectivity index (χ0) is 10.7. The van der Waals surface area contributed by atoms with Crippen LogP contribution in [0.4, 0.5) is 0 Å². The molecule has 0 aliphatic heterocycles. The van der Waals surface area contributed by atoms with E-state index in [4.69, 9.17) is 5.73 Å². The summed E-state index contributed by atoms with van der Waals surface area (Å²) in [6.07, 6.45) is 3.46. The summed E-state index contributed by atoms with van der Waals surface area (Å²) in [7, 11) is 0. The van der Waals surface area contributed by atoms with Gasteiger partial charge in [0.15, 0.2) is 0 Å². The molecule has 1 aromatic carbocycles. The van der Waals surface area contributed by atoms with Crippen LogP contribution in [0.2, 0.25) is 0 Å². The Kier molecular flexibility index (Phi) is 2.46. The van der Waals surface area contributed by atoms with E-state index in [1.165, 1.54) is 0 Å². The van der Waals surface area contributed by atoms with E-state index in [2.05, 4.69) is 4.98 Å². The van der Waals surface area contributed by atoms with E-state index >= 15 is 0 Å². The van der Waals surface area contributed by atoms with Crippen LogP contribution in [0.25, 0.3) is 11.1 Å². The van der Waals surface area contributed by atoms with E-state index in [0.29, 0.717) is 5.56 Å². The van der Waals surface area contributed by atoms with Gasteiger partial charge in [-0.1, -0.05) is 18.2 Å². The normalized spacial score (nSPS) is 9.87. The van der Waals surface area contributed by atoms with E-state index in [-0.39, 0.29) is 0 Å². The molecule has 0 atom stereocenters. The second kappa shape index (κ2) is 3.92. The Labute approximate surface area is 87.6 Å². The Bertz CT molecular complexity index is 480. The molecule has 2 aromatic rings. The van der Waals surface area contributed by atoms with Crippen molar-refractivity contribution in [1.82, 2.24) is 4.98 Å². The zero-order valence-corrected chi connectivity index (χ0v) is 8.05. The predicted octanol–water partition coefficient (Wildman–Crippen LogP) is 1.85. The Morgan fingerprint density at radius 2 is 1.93 bits per heavy atom. The molecule has 3 heteroatoms. The van der Waals surface area contributed by atoms with Crippen LogP contribution in [-0.4, -0.2) is 10.9 Å². The number of aromatic nitrogens is 1. The van der Waals surface area contributed by atoms with Crippen LogP contribution in [0.15, 0.2) is 48.8 Å². The third-order valence-corrected chi connectivity index (χ3v) is 2.14. The first-order valence-electron chi connectivity index (χ1n) is 4.57. The number of nitrogens with two attached hydrogens (primary N) is 1. The molecule has 0 bridgehead atoms. The minimum absolute atomic E-state index is 0.416. The van der Waals surface area contributed by atoms with Crippen molar-refractivity contribution >= 4 is 5.91 Å². The van der Waals surface area contributed by atoms with Gasteiger partial charge in [-0.2, -0.15) is 0 Å². The van der Waals surface area contributed by atoms with Crippen molar-refractivity contribution in [2.75, 3.05) is 0 Å². The Morgan fingerprint density at radius 3 is 2.60 bits per heavy atom. The monoisotopic (exact) mass is 198 g/mol. The lowest BCUT2D eigenvalue weighted by Gasteiger charge is -2.02. The lowest BCUT2D eigenvalue weighted by molar-refractivity contribution is 0.100. The van der Waals surface area contributed by atoms with E-state index in [1.54, 1.807) is 24.5 Å². The van der Waals surface area contributed by atoms with Gasteiger partial charge in [-0.15, -0.1) is 0 Å². The molecule has 1 amide bonds. The number of hydrogen-bond donors (Lipinski definition) is 1. The summed E-state index contributed by atoms with van der Waals surface area (Å²) in [5, 5.41) is 0. The van der Waals surface area contributed by atoms with E-state index in [9.17, 15) is 4.79 Å². The number of carbonyl (C=O) groups is 1. The van der Waals surface area contributed by atoms with E-state index in [1.807, 2.05) is 24.3 Å². The molecule has 1 heterocycles. The van der Waals surface area contributed by atoms with Gasteiger partial charge in [0.2, 0.25) is 5.91 Å². The van der Waals surface area contributed by atoms with E-state index < -0.39 is 5.91 Å². The Hall–Kier alpha value is -2.16. The topological polar surface area (TPSA) is 56.0 Å². The highest BCUT2D eigenvalue weighted by Gasteiger charge is 2.02. The number of hydrogen-bond acceptors (Lipinski definition) is 2. The molecular formula is C12H10N2O. The molecule has 3 nitrogen and oxygen atoms in total. The maximum absolute atomic E-state index is 11.0. The SMILES string of the molecule is NC(=O)c1cccc(-c2cccnc2)c1. The average Bonchev–Trinajstić information content (AvgIpc) is 2.30. The number of pyridine rings is 1. The van der Waals surface area contributed by atoms with Crippen molar-refractivity contribution in [1.29, 1.82) is 0 Å². The van der Waals surface area contributed by atoms with Crippen LogP contribution in [0, 0.1) is 0 Å². The number of nitrogens with zero attached hydrogens (tertiary/aromatic N) is 1. The largest absolute Gasteiger partial charge is 0.366 e. The quantitative estimate of drug-likeness (QED) is 0.800. The van der Waals surface area contributed by atoms with Gasteiger partial charge in [0.1, 0.15) is 0 Å². The average molecular weight is 198 g/mol. The van der Waals surface area contributed by atoms with Crippen molar-refractivity contribution in [3.63, 3.8) is 0 Å². The molecule has 15 heavy (non-hydrogen) atoms. The highest BCUT2D eigenvalue weighted by molar-refractivity contribution is 5.94. The summed E-state index contributed by atoms with van der Waals surface area (Å²) in [6, 6.07) is 11.0. The molecule has 0 fully saturated rings.